The number of carbonyl (C=O) groups excluding carboxylic acids is 2. The number of thioether (sulfide) groups is 1. The molecule has 0 radical (unpaired) electrons. The second-order valence-corrected chi connectivity index (χ2v) is 12.1. The van der Waals surface area contributed by atoms with Crippen LogP contribution >= 0.6 is 11.8 Å². The molecule has 0 spiro atoms. The molecule has 0 aliphatic carbocycles. The number of nitrogens with one attached hydrogen (secondary N) is 2. The van der Waals surface area contributed by atoms with Gasteiger partial charge in [0.1, 0.15) is 0 Å². The fourth-order valence-electron chi connectivity index (χ4n) is 5.46. The second kappa shape index (κ2) is 14.8. The first kappa shape index (κ1) is 32.2. The number of benzene rings is 3. The Labute approximate surface area is 275 Å². The summed E-state index contributed by atoms with van der Waals surface area (Å²) in [6.45, 7) is 1.87. The summed E-state index contributed by atoms with van der Waals surface area (Å²) in [4.78, 5) is 44.1. The van der Waals surface area contributed by atoms with Crippen LogP contribution < -0.4 is 35.1 Å². The molecule has 2 aliphatic rings. The summed E-state index contributed by atoms with van der Waals surface area (Å²) in [5, 5.41) is 6.64. The lowest BCUT2D eigenvalue weighted by atomic mass is 10.1. The summed E-state index contributed by atoms with van der Waals surface area (Å²) in [5.41, 5.74) is 2.48. The largest absolute Gasteiger partial charge is 0.493 e. The lowest BCUT2D eigenvalue weighted by Crippen LogP contribution is -2.33. The number of fused-ring (bicyclic) bond motifs is 2. The standard InChI is InChI=1S/C34H36N4O8S/c1-42-27-10-7-21(14-28(27)43-2)11-12-35-32(40)23-8-5-22(6-9-23)18-38-33(41)25-15-29-30(46-20-45-29)16-26(25)37-34(38)47-19-31(39)36-17-24-4-3-13-44-24/h5-10,14-16,24H,3-4,11-13,17-20H2,1-2H3,(H,35,40)(H,36,39)/t24-/m1/s1. The molecule has 12 nitrogen and oxygen atoms in total. The van der Waals surface area contributed by atoms with Gasteiger partial charge in [-0.25, -0.2) is 4.98 Å². The van der Waals surface area contributed by atoms with Gasteiger partial charge in [-0.2, -0.15) is 0 Å². The third-order valence-corrected chi connectivity index (χ3v) is 8.98. The molecule has 2 N–H and O–H groups in total. The van der Waals surface area contributed by atoms with Gasteiger partial charge in [-0.15, -0.1) is 0 Å². The van der Waals surface area contributed by atoms with E-state index in [1.165, 1.54) is 11.8 Å². The van der Waals surface area contributed by atoms with Crippen molar-refractivity contribution in [2.24, 2.45) is 0 Å². The van der Waals surface area contributed by atoms with Gasteiger partial charge in [0.25, 0.3) is 11.5 Å². The molecule has 1 fully saturated rings. The average Bonchev–Trinajstić information content (AvgIpc) is 3.79. The maximum absolute atomic E-state index is 13.8. The summed E-state index contributed by atoms with van der Waals surface area (Å²) < 4.78 is 28.8. The number of aromatic nitrogens is 2. The van der Waals surface area contributed by atoms with Crippen LogP contribution in [0.5, 0.6) is 23.0 Å². The van der Waals surface area contributed by atoms with E-state index in [0.717, 1.165) is 24.0 Å². The highest BCUT2D eigenvalue weighted by Gasteiger charge is 2.21. The lowest BCUT2D eigenvalue weighted by Gasteiger charge is -2.15. The summed E-state index contributed by atoms with van der Waals surface area (Å²) in [5.74, 6) is 2.00. The number of nitrogens with zero attached hydrogens (tertiary/aromatic N) is 2. The molecule has 13 heteroatoms. The Morgan fingerprint density at radius 3 is 2.49 bits per heavy atom. The number of ether oxygens (including phenoxy) is 5. The zero-order chi connectivity index (χ0) is 32.8. The van der Waals surface area contributed by atoms with Crippen molar-refractivity contribution >= 4 is 34.5 Å². The molecule has 3 aromatic carbocycles. The number of carbonyl (C=O) groups is 2. The van der Waals surface area contributed by atoms with Crippen molar-refractivity contribution < 1.29 is 33.3 Å². The molecule has 2 amide bonds. The Bertz CT molecular complexity index is 1820. The van der Waals surface area contributed by atoms with E-state index in [4.69, 9.17) is 28.7 Å². The topological polar surface area (TPSA) is 139 Å². The first-order chi connectivity index (χ1) is 22.9. The summed E-state index contributed by atoms with van der Waals surface area (Å²) in [7, 11) is 3.17. The molecule has 1 saturated heterocycles. The molecule has 1 aromatic heterocycles. The molecule has 47 heavy (non-hydrogen) atoms. The predicted octanol–water partition coefficient (Wildman–Crippen LogP) is 3.55. The maximum Gasteiger partial charge on any atom is 0.262 e. The van der Waals surface area contributed by atoms with E-state index in [1.807, 2.05) is 30.3 Å². The average molecular weight is 661 g/mol. The number of rotatable bonds is 13. The van der Waals surface area contributed by atoms with Gasteiger partial charge in [-0.1, -0.05) is 30.0 Å². The van der Waals surface area contributed by atoms with E-state index < -0.39 is 0 Å². The molecule has 3 heterocycles. The van der Waals surface area contributed by atoms with Crippen LogP contribution in [-0.2, 0) is 22.5 Å². The van der Waals surface area contributed by atoms with Crippen LogP contribution in [0.4, 0.5) is 0 Å². The summed E-state index contributed by atoms with van der Waals surface area (Å²) >= 11 is 1.19. The first-order valence-electron chi connectivity index (χ1n) is 15.3. The quantitative estimate of drug-likeness (QED) is 0.162. The van der Waals surface area contributed by atoms with Gasteiger partial charge in [0.2, 0.25) is 12.7 Å². The van der Waals surface area contributed by atoms with Crippen molar-refractivity contribution in [3.05, 3.63) is 81.6 Å². The smallest absolute Gasteiger partial charge is 0.262 e. The first-order valence-corrected chi connectivity index (χ1v) is 16.3. The van der Waals surface area contributed by atoms with Crippen molar-refractivity contribution in [3.63, 3.8) is 0 Å². The lowest BCUT2D eigenvalue weighted by molar-refractivity contribution is -0.119. The van der Waals surface area contributed by atoms with E-state index >= 15 is 0 Å². The number of hydrogen-bond acceptors (Lipinski definition) is 10. The maximum atomic E-state index is 13.8. The van der Waals surface area contributed by atoms with E-state index in [1.54, 1.807) is 43.1 Å². The van der Waals surface area contributed by atoms with E-state index in [9.17, 15) is 14.4 Å². The van der Waals surface area contributed by atoms with Crippen LogP contribution in [0.25, 0.3) is 10.9 Å². The van der Waals surface area contributed by atoms with Crippen LogP contribution in [0.3, 0.4) is 0 Å². The van der Waals surface area contributed by atoms with Crippen LogP contribution in [0, 0.1) is 0 Å². The van der Waals surface area contributed by atoms with Crippen molar-refractivity contribution in [1.82, 2.24) is 20.2 Å². The van der Waals surface area contributed by atoms with Gasteiger partial charge < -0.3 is 34.3 Å². The van der Waals surface area contributed by atoms with Crippen molar-refractivity contribution in [1.29, 1.82) is 0 Å². The molecular formula is C34H36N4O8S. The molecule has 0 unspecified atom stereocenters. The van der Waals surface area contributed by atoms with Gasteiger partial charge in [0.05, 0.1) is 43.5 Å². The SMILES string of the molecule is COc1ccc(CCNC(=O)c2ccc(Cn3c(SCC(=O)NC[C@H]4CCCO4)nc4cc5c(cc4c3=O)OCO5)cc2)cc1OC. The third-order valence-electron chi connectivity index (χ3n) is 8.00. The molecule has 0 saturated carbocycles. The minimum atomic E-state index is -0.271. The normalized spacial score (nSPS) is 15.1. The second-order valence-electron chi connectivity index (χ2n) is 11.1. The Morgan fingerprint density at radius 2 is 1.74 bits per heavy atom. The van der Waals surface area contributed by atoms with Gasteiger partial charge in [0, 0.05) is 31.3 Å². The highest BCUT2D eigenvalue weighted by Crippen LogP contribution is 2.35. The van der Waals surface area contributed by atoms with Gasteiger partial charge >= 0.3 is 0 Å². The Balaban J connectivity index is 1.14. The highest BCUT2D eigenvalue weighted by molar-refractivity contribution is 7.99. The van der Waals surface area contributed by atoms with Crippen LogP contribution in [0.15, 0.2) is 64.5 Å². The van der Waals surface area contributed by atoms with Crippen LogP contribution in [0.2, 0.25) is 0 Å². The molecule has 6 rings (SSSR count). The van der Waals surface area contributed by atoms with E-state index in [0.29, 0.717) is 70.7 Å². The fraction of sp³-hybridized carbons (Fsp3) is 0.353. The van der Waals surface area contributed by atoms with Gasteiger partial charge in [-0.05, 0) is 60.7 Å². The molecule has 4 aromatic rings. The van der Waals surface area contributed by atoms with Crippen molar-refractivity contribution in [3.8, 4) is 23.0 Å². The number of amides is 2. The molecule has 0 bridgehead atoms. The van der Waals surface area contributed by atoms with Gasteiger partial charge in [0.15, 0.2) is 28.2 Å². The minimum Gasteiger partial charge on any atom is -0.493 e. The Morgan fingerprint density at radius 1 is 0.979 bits per heavy atom. The third kappa shape index (κ3) is 7.63. The zero-order valence-electron chi connectivity index (χ0n) is 26.2. The highest BCUT2D eigenvalue weighted by atomic mass is 32.2. The number of hydrogen-bond donors (Lipinski definition) is 2. The van der Waals surface area contributed by atoms with Gasteiger partial charge in [-0.3, -0.25) is 19.0 Å². The van der Waals surface area contributed by atoms with Crippen molar-refractivity contribution in [2.45, 2.75) is 37.1 Å². The molecule has 1 atom stereocenters. The Kier molecular flexibility index (Phi) is 10.1. The summed E-state index contributed by atoms with van der Waals surface area (Å²) in [6.07, 6.45) is 2.57. The summed E-state index contributed by atoms with van der Waals surface area (Å²) in [6, 6.07) is 16.1. The molecule has 2 aliphatic heterocycles. The van der Waals surface area contributed by atoms with E-state index in [2.05, 4.69) is 10.6 Å². The fourth-order valence-corrected chi connectivity index (χ4v) is 6.29. The molecule has 246 valence electrons. The molecular weight excluding hydrogens is 624 g/mol. The Hall–Kier alpha value is -4.75. The van der Waals surface area contributed by atoms with Crippen LogP contribution in [-0.4, -0.2) is 73.9 Å². The van der Waals surface area contributed by atoms with Crippen molar-refractivity contribution in [2.75, 3.05) is 46.5 Å². The van der Waals surface area contributed by atoms with E-state index in [-0.39, 0.29) is 42.6 Å². The van der Waals surface area contributed by atoms with Crippen LogP contribution in [0.1, 0.15) is 34.3 Å². The zero-order valence-corrected chi connectivity index (χ0v) is 27.0. The monoisotopic (exact) mass is 660 g/mol. The minimum absolute atomic E-state index is 0.0351. The predicted molar refractivity (Wildman–Crippen MR) is 176 cm³/mol. The number of methoxy groups -OCH3 is 2.